The highest BCUT2D eigenvalue weighted by Gasteiger charge is 2.32. The second-order valence-electron chi connectivity index (χ2n) is 5.50. The Hall–Kier alpha value is -1.01. The van der Waals surface area contributed by atoms with Gasteiger partial charge in [-0.05, 0) is 43.3 Å². The van der Waals surface area contributed by atoms with Gasteiger partial charge < -0.3 is 10.6 Å². The Morgan fingerprint density at radius 1 is 1.61 bits per heavy atom. The van der Waals surface area contributed by atoms with E-state index >= 15 is 0 Å². The van der Waals surface area contributed by atoms with Gasteiger partial charge in [0.25, 0.3) is 5.91 Å². The van der Waals surface area contributed by atoms with Gasteiger partial charge in [0.05, 0.1) is 5.69 Å². The Morgan fingerprint density at radius 2 is 2.39 bits per heavy atom. The molecule has 1 saturated heterocycles. The number of hydrogen-bond acceptors (Lipinski definition) is 5. The van der Waals surface area contributed by atoms with E-state index in [-0.39, 0.29) is 11.3 Å². The van der Waals surface area contributed by atoms with Crippen LogP contribution in [0.3, 0.4) is 0 Å². The van der Waals surface area contributed by atoms with Crippen LogP contribution >= 0.6 is 11.5 Å². The fourth-order valence-electron chi connectivity index (χ4n) is 2.33. The summed E-state index contributed by atoms with van der Waals surface area (Å²) >= 11 is 1.15. The van der Waals surface area contributed by atoms with Gasteiger partial charge in [-0.2, -0.15) is 0 Å². The molecule has 0 bridgehead atoms. The largest absolute Gasteiger partial charge is 0.350 e. The van der Waals surface area contributed by atoms with Crippen molar-refractivity contribution in [2.24, 2.45) is 5.41 Å². The first-order valence-electron chi connectivity index (χ1n) is 6.31. The van der Waals surface area contributed by atoms with Crippen molar-refractivity contribution in [3.05, 3.63) is 10.6 Å². The van der Waals surface area contributed by atoms with Crippen LogP contribution in [0, 0.1) is 12.3 Å². The molecule has 18 heavy (non-hydrogen) atoms. The molecule has 0 aliphatic carbocycles. The minimum atomic E-state index is -0.0642. The quantitative estimate of drug-likeness (QED) is 0.868. The zero-order valence-corrected chi connectivity index (χ0v) is 11.9. The van der Waals surface area contributed by atoms with Gasteiger partial charge in [0, 0.05) is 12.6 Å². The summed E-state index contributed by atoms with van der Waals surface area (Å²) in [4.78, 5) is 12.6. The summed E-state index contributed by atoms with van der Waals surface area (Å²) in [6, 6.07) is 0.330. The monoisotopic (exact) mass is 268 g/mol. The molecule has 2 heterocycles. The van der Waals surface area contributed by atoms with E-state index in [1.807, 2.05) is 0 Å². The summed E-state index contributed by atoms with van der Waals surface area (Å²) in [5.41, 5.74) is 0.931. The van der Waals surface area contributed by atoms with E-state index in [1.165, 1.54) is 12.8 Å². The maximum atomic E-state index is 12.0. The minimum Gasteiger partial charge on any atom is -0.350 e. The highest BCUT2D eigenvalue weighted by Crippen LogP contribution is 2.29. The first-order chi connectivity index (χ1) is 8.50. The third-order valence-electron chi connectivity index (χ3n) is 3.66. The minimum absolute atomic E-state index is 0.0642. The number of aromatic nitrogens is 2. The summed E-state index contributed by atoms with van der Waals surface area (Å²) in [6.45, 7) is 7.99. The van der Waals surface area contributed by atoms with E-state index in [9.17, 15) is 4.79 Å². The van der Waals surface area contributed by atoms with E-state index < -0.39 is 0 Å². The average molecular weight is 268 g/mol. The average Bonchev–Trinajstić information content (AvgIpc) is 2.73. The molecule has 0 radical (unpaired) electrons. The van der Waals surface area contributed by atoms with E-state index in [4.69, 9.17) is 0 Å². The lowest BCUT2D eigenvalue weighted by Crippen LogP contribution is -2.52. The number of rotatable bonds is 3. The van der Waals surface area contributed by atoms with Crippen LogP contribution < -0.4 is 10.6 Å². The zero-order chi connectivity index (χ0) is 13.2. The van der Waals surface area contributed by atoms with E-state index in [0.717, 1.165) is 18.1 Å². The lowest BCUT2D eigenvalue weighted by molar-refractivity contribution is 0.0932. The smallest absolute Gasteiger partial charge is 0.264 e. The molecule has 1 aliphatic heterocycles. The van der Waals surface area contributed by atoms with Crippen LogP contribution in [0.4, 0.5) is 0 Å². The Balaban J connectivity index is 1.91. The Bertz CT molecular complexity index is 429. The Kier molecular flexibility index (Phi) is 3.97. The summed E-state index contributed by atoms with van der Waals surface area (Å²) in [6.07, 6.45) is 2.40. The van der Waals surface area contributed by atoms with Crippen molar-refractivity contribution in [1.29, 1.82) is 0 Å². The molecule has 1 atom stereocenters. The summed E-state index contributed by atoms with van der Waals surface area (Å²) in [5, 5.41) is 10.3. The maximum absolute atomic E-state index is 12.0. The van der Waals surface area contributed by atoms with Crippen LogP contribution in [0.25, 0.3) is 0 Å². The van der Waals surface area contributed by atoms with Crippen molar-refractivity contribution in [1.82, 2.24) is 20.2 Å². The molecule has 0 saturated carbocycles. The van der Waals surface area contributed by atoms with E-state index in [1.54, 1.807) is 6.92 Å². The van der Waals surface area contributed by atoms with Crippen molar-refractivity contribution in [2.45, 2.75) is 39.7 Å². The predicted octanol–water partition coefficient (Wildman–Crippen LogP) is 1.35. The van der Waals surface area contributed by atoms with Gasteiger partial charge in [-0.3, -0.25) is 4.79 Å². The number of carbonyl (C=O) groups is 1. The van der Waals surface area contributed by atoms with Crippen LogP contribution in [-0.2, 0) is 0 Å². The van der Waals surface area contributed by atoms with E-state index in [2.05, 4.69) is 34.1 Å². The molecule has 5 nitrogen and oxygen atoms in total. The van der Waals surface area contributed by atoms with Crippen LogP contribution in [0.15, 0.2) is 0 Å². The van der Waals surface area contributed by atoms with Crippen molar-refractivity contribution in [3.63, 3.8) is 0 Å². The number of hydrogen-bond donors (Lipinski definition) is 2. The maximum Gasteiger partial charge on any atom is 0.264 e. The first kappa shape index (κ1) is 13.4. The molecule has 1 amide bonds. The molecule has 1 unspecified atom stereocenters. The third kappa shape index (κ3) is 2.87. The van der Waals surface area contributed by atoms with Crippen molar-refractivity contribution < 1.29 is 4.79 Å². The topological polar surface area (TPSA) is 66.9 Å². The molecule has 1 fully saturated rings. The molecule has 1 aromatic heterocycles. The Morgan fingerprint density at radius 3 is 3.00 bits per heavy atom. The molecule has 2 N–H and O–H groups in total. The summed E-state index contributed by atoms with van der Waals surface area (Å²) in [5.74, 6) is -0.0642. The lowest BCUT2D eigenvalue weighted by Gasteiger charge is -2.39. The van der Waals surface area contributed by atoms with Gasteiger partial charge in [0.1, 0.15) is 4.88 Å². The van der Waals surface area contributed by atoms with Crippen LogP contribution in [0.1, 0.15) is 42.1 Å². The fraction of sp³-hybridized carbons (Fsp3) is 0.750. The van der Waals surface area contributed by atoms with Crippen LogP contribution in [-0.4, -0.2) is 34.6 Å². The Labute approximate surface area is 112 Å². The molecular weight excluding hydrogens is 248 g/mol. The van der Waals surface area contributed by atoms with Crippen molar-refractivity contribution in [2.75, 3.05) is 13.1 Å². The highest BCUT2D eigenvalue weighted by atomic mass is 32.1. The molecule has 6 heteroatoms. The fourth-order valence-corrected chi connectivity index (χ4v) is 2.91. The standard InChI is InChI=1S/C12H20N4OS/c1-8-10(18-16-15-8)11(17)14-7-9-12(2,3)5-4-6-13-9/h9,13H,4-7H2,1-3H3,(H,14,17). The van der Waals surface area contributed by atoms with Gasteiger partial charge >= 0.3 is 0 Å². The van der Waals surface area contributed by atoms with Gasteiger partial charge in [-0.15, -0.1) is 5.10 Å². The third-order valence-corrected chi connectivity index (χ3v) is 4.48. The number of nitrogens with one attached hydrogen (secondary N) is 2. The number of piperidine rings is 1. The number of amides is 1. The van der Waals surface area contributed by atoms with Gasteiger partial charge in [-0.1, -0.05) is 18.3 Å². The van der Waals surface area contributed by atoms with Crippen LogP contribution in [0.2, 0.25) is 0 Å². The lowest BCUT2D eigenvalue weighted by atomic mass is 9.77. The van der Waals surface area contributed by atoms with Crippen molar-refractivity contribution in [3.8, 4) is 0 Å². The molecular formula is C12H20N4OS. The van der Waals surface area contributed by atoms with Crippen molar-refractivity contribution >= 4 is 17.4 Å². The normalized spacial score (nSPS) is 22.7. The molecule has 100 valence electrons. The summed E-state index contributed by atoms with van der Waals surface area (Å²) < 4.78 is 3.78. The molecule has 2 rings (SSSR count). The first-order valence-corrected chi connectivity index (χ1v) is 7.08. The second kappa shape index (κ2) is 5.32. The SMILES string of the molecule is Cc1nnsc1C(=O)NCC1NCCCC1(C)C. The zero-order valence-electron chi connectivity index (χ0n) is 11.1. The van der Waals surface area contributed by atoms with Gasteiger partial charge in [0.15, 0.2) is 0 Å². The summed E-state index contributed by atoms with van der Waals surface area (Å²) in [7, 11) is 0. The van der Waals surface area contributed by atoms with E-state index in [0.29, 0.717) is 23.2 Å². The number of nitrogens with zero attached hydrogens (tertiary/aromatic N) is 2. The highest BCUT2D eigenvalue weighted by molar-refractivity contribution is 7.07. The molecule has 1 aromatic rings. The number of aryl methyl sites for hydroxylation is 1. The second-order valence-corrected chi connectivity index (χ2v) is 6.25. The van der Waals surface area contributed by atoms with Crippen LogP contribution in [0.5, 0.6) is 0 Å². The number of carbonyl (C=O) groups excluding carboxylic acids is 1. The van der Waals surface area contributed by atoms with Gasteiger partial charge in [-0.25, -0.2) is 0 Å². The molecule has 0 spiro atoms. The van der Waals surface area contributed by atoms with Gasteiger partial charge in [0.2, 0.25) is 0 Å². The molecule has 1 aliphatic rings. The molecule has 0 aromatic carbocycles. The predicted molar refractivity (Wildman–Crippen MR) is 71.8 cm³/mol.